The maximum atomic E-state index is 13.0. The Labute approximate surface area is 119 Å². The van der Waals surface area contributed by atoms with Gasteiger partial charge in [-0.2, -0.15) is 0 Å². The van der Waals surface area contributed by atoms with Crippen molar-refractivity contribution in [2.75, 3.05) is 6.61 Å². The van der Waals surface area contributed by atoms with E-state index in [9.17, 15) is 8.78 Å². The van der Waals surface area contributed by atoms with Gasteiger partial charge in [0, 0.05) is 12.8 Å². The molecule has 0 radical (unpaired) electrons. The van der Waals surface area contributed by atoms with Crippen LogP contribution in [0.15, 0.2) is 36.4 Å². The fraction of sp³-hybridized carbons (Fsp3) is 0.529. The molecule has 110 valence electrons. The molecule has 0 saturated heterocycles. The summed E-state index contributed by atoms with van der Waals surface area (Å²) in [5.74, 6) is -1.24. The molecule has 1 aromatic rings. The van der Waals surface area contributed by atoms with E-state index in [0.717, 1.165) is 12.2 Å². The van der Waals surface area contributed by atoms with Gasteiger partial charge in [-0.25, -0.2) is 8.78 Å². The first kappa shape index (κ1) is 15.0. The number of rotatable bonds is 5. The summed E-state index contributed by atoms with van der Waals surface area (Å²) in [6.45, 7) is 2.67. The van der Waals surface area contributed by atoms with Gasteiger partial charge in [0.25, 0.3) is 0 Å². The zero-order valence-electron chi connectivity index (χ0n) is 11.9. The summed E-state index contributed by atoms with van der Waals surface area (Å²) in [6, 6.07) is 7.96. The lowest BCUT2D eigenvalue weighted by Gasteiger charge is -2.26. The highest BCUT2D eigenvalue weighted by Crippen LogP contribution is 2.36. The van der Waals surface area contributed by atoms with Gasteiger partial charge in [-0.15, -0.1) is 0 Å². The van der Waals surface area contributed by atoms with Crippen LogP contribution in [0.4, 0.5) is 8.78 Å². The third kappa shape index (κ3) is 4.95. The van der Waals surface area contributed by atoms with Gasteiger partial charge in [0.1, 0.15) is 5.75 Å². The Bertz CT molecular complexity index is 427. The molecule has 1 aliphatic rings. The van der Waals surface area contributed by atoms with Crippen LogP contribution in [-0.2, 0) is 0 Å². The fourth-order valence-corrected chi connectivity index (χ4v) is 2.42. The molecule has 20 heavy (non-hydrogen) atoms. The molecule has 1 aliphatic carbocycles. The first-order chi connectivity index (χ1) is 9.55. The first-order valence-electron chi connectivity index (χ1n) is 7.29. The van der Waals surface area contributed by atoms with Gasteiger partial charge in [-0.05, 0) is 44.2 Å². The minimum atomic E-state index is -2.43. The van der Waals surface area contributed by atoms with Gasteiger partial charge >= 0.3 is 0 Å². The van der Waals surface area contributed by atoms with Gasteiger partial charge in [0.05, 0.1) is 6.61 Å². The first-order valence-corrected chi connectivity index (χ1v) is 7.29. The quantitative estimate of drug-likeness (QED) is 0.535. The molecular weight excluding hydrogens is 258 g/mol. The van der Waals surface area contributed by atoms with Crippen LogP contribution in [0, 0.1) is 12.8 Å². The lowest BCUT2D eigenvalue weighted by atomic mass is 9.86. The summed E-state index contributed by atoms with van der Waals surface area (Å²) < 4.78 is 31.6. The average molecular weight is 280 g/mol. The van der Waals surface area contributed by atoms with Crippen LogP contribution in [0.3, 0.4) is 0 Å². The van der Waals surface area contributed by atoms with E-state index >= 15 is 0 Å². The molecule has 0 heterocycles. The highest BCUT2D eigenvalue weighted by Gasteiger charge is 2.33. The van der Waals surface area contributed by atoms with E-state index in [1.807, 2.05) is 31.2 Å². The molecule has 0 bridgehead atoms. The summed E-state index contributed by atoms with van der Waals surface area (Å²) in [5.41, 5.74) is 1.21. The predicted molar refractivity (Wildman–Crippen MR) is 77.3 cm³/mol. The smallest absolute Gasteiger partial charge is 0.248 e. The van der Waals surface area contributed by atoms with Gasteiger partial charge in [-0.3, -0.25) is 0 Å². The van der Waals surface area contributed by atoms with Gasteiger partial charge in [0.2, 0.25) is 5.92 Å². The van der Waals surface area contributed by atoms with Crippen LogP contribution < -0.4 is 4.74 Å². The van der Waals surface area contributed by atoms with Crippen molar-refractivity contribution in [3.8, 4) is 5.75 Å². The second-order valence-corrected chi connectivity index (χ2v) is 5.57. The summed E-state index contributed by atoms with van der Waals surface area (Å²) >= 11 is 0. The van der Waals surface area contributed by atoms with Crippen LogP contribution in [-0.4, -0.2) is 12.5 Å². The zero-order valence-corrected chi connectivity index (χ0v) is 11.9. The number of allylic oxidation sites excluding steroid dienone is 1. The van der Waals surface area contributed by atoms with E-state index in [1.54, 1.807) is 0 Å². The van der Waals surface area contributed by atoms with Crippen molar-refractivity contribution in [3.63, 3.8) is 0 Å². The minimum absolute atomic E-state index is 0.0296. The summed E-state index contributed by atoms with van der Waals surface area (Å²) in [4.78, 5) is 0. The standard InChI is InChI=1S/C17H22F2O/c1-14-5-7-16(8-6-14)20-13-3-2-4-15-9-11-17(18,19)12-10-15/h2,4-8,15H,3,9-13H2,1H3/b4-2-. The van der Waals surface area contributed by atoms with Crippen molar-refractivity contribution in [2.24, 2.45) is 5.92 Å². The number of halogens is 2. The largest absolute Gasteiger partial charge is 0.493 e. The second-order valence-electron chi connectivity index (χ2n) is 5.57. The third-order valence-electron chi connectivity index (χ3n) is 3.74. The number of benzene rings is 1. The Morgan fingerprint density at radius 3 is 2.50 bits per heavy atom. The Balaban J connectivity index is 1.63. The molecule has 1 nitrogen and oxygen atoms in total. The van der Waals surface area contributed by atoms with Crippen molar-refractivity contribution < 1.29 is 13.5 Å². The van der Waals surface area contributed by atoms with Crippen LogP contribution in [0.5, 0.6) is 5.75 Å². The highest BCUT2D eigenvalue weighted by atomic mass is 19.3. The molecule has 1 fully saturated rings. The SMILES string of the molecule is Cc1ccc(OCC/C=C\C2CCC(F)(F)CC2)cc1. The van der Waals surface area contributed by atoms with Crippen molar-refractivity contribution >= 4 is 0 Å². The Morgan fingerprint density at radius 1 is 1.20 bits per heavy atom. The highest BCUT2D eigenvalue weighted by molar-refractivity contribution is 5.26. The fourth-order valence-electron chi connectivity index (χ4n) is 2.42. The lowest BCUT2D eigenvalue weighted by Crippen LogP contribution is -2.23. The molecule has 1 saturated carbocycles. The van der Waals surface area contributed by atoms with Crippen molar-refractivity contribution in [1.29, 1.82) is 0 Å². The van der Waals surface area contributed by atoms with E-state index < -0.39 is 5.92 Å². The average Bonchev–Trinajstić information content (AvgIpc) is 2.42. The number of alkyl halides is 2. The van der Waals surface area contributed by atoms with E-state index in [1.165, 1.54) is 5.56 Å². The molecule has 0 spiro atoms. The molecule has 2 rings (SSSR count). The predicted octanol–water partition coefficient (Wildman–Crippen LogP) is 5.15. The van der Waals surface area contributed by atoms with Crippen LogP contribution in [0.2, 0.25) is 0 Å². The molecule has 0 N–H and O–H groups in total. The number of aryl methyl sites for hydroxylation is 1. The molecule has 0 aromatic heterocycles. The van der Waals surface area contributed by atoms with E-state index in [-0.39, 0.29) is 12.8 Å². The number of hydrogen-bond acceptors (Lipinski definition) is 1. The lowest BCUT2D eigenvalue weighted by molar-refractivity contribution is -0.0411. The molecule has 0 unspecified atom stereocenters. The van der Waals surface area contributed by atoms with Crippen LogP contribution in [0.25, 0.3) is 0 Å². The maximum Gasteiger partial charge on any atom is 0.248 e. The Morgan fingerprint density at radius 2 is 1.85 bits per heavy atom. The van der Waals surface area contributed by atoms with Crippen LogP contribution in [0.1, 0.15) is 37.7 Å². The van der Waals surface area contributed by atoms with E-state index in [2.05, 4.69) is 12.2 Å². The zero-order chi connectivity index (χ0) is 14.4. The second kappa shape index (κ2) is 6.87. The van der Waals surface area contributed by atoms with E-state index in [0.29, 0.717) is 25.4 Å². The van der Waals surface area contributed by atoms with Crippen molar-refractivity contribution in [1.82, 2.24) is 0 Å². The minimum Gasteiger partial charge on any atom is -0.493 e. The Hall–Kier alpha value is -1.38. The number of hydrogen-bond donors (Lipinski definition) is 0. The normalized spacial score (nSPS) is 19.4. The molecule has 1 aromatic carbocycles. The summed E-state index contributed by atoms with van der Waals surface area (Å²) in [6.07, 6.45) is 6.21. The van der Waals surface area contributed by atoms with E-state index in [4.69, 9.17) is 4.74 Å². The van der Waals surface area contributed by atoms with Crippen molar-refractivity contribution in [2.45, 2.75) is 45.0 Å². The molecular formula is C17H22F2O. The topological polar surface area (TPSA) is 9.23 Å². The van der Waals surface area contributed by atoms with Gasteiger partial charge in [0.15, 0.2) is 0 Å². The third-order valence-corrected chi connectivity index (χ3v) is 3.74. The Kier molecular flexibility index (Phi) is 5.16. The maximum absolute atomic E-state index is 13.0. The molecule has 0 amide bonds. The van der Waals surface area contributed by atoms with Crippen molar-refractivity contribution in [3.05, 3.63) is 42.0 Å². The number of ether oxygens (including phenoxy) is 1. The summed E-state index contributed by atoms with van der Waals surface area (Å²) in [5, 5.41) is 0. The monoisotopic (exact) mass is 280 g/mol. The van der Waals surface area contributed by atoms with Gasteiger partial charge < -0.3 is 4.74 Å². The molecule has 0 atom stereocenters. The molecule has 0 aliphatic heterocycles. The van der Waals surface area contributed by atoms with Crippen LogP contribution >= 0.6 is 0 Å². The summed E-state index contributed by atoms with van der Waals surface area (Å²) in [7, 11) is 0. The molecule has 3 heteroatoms. The van der Waals surface area contributed by atoms with Gasteiger partial charge in [-0.1, -0.05) is 29.8 Å².